The topological polar surface area (TPSA) is 307 Å². The highest BCUT2D eigenvalue weighted by molar-refractivity contribution is 5.76. The molecule has 17 unspecified atom stereocenters. The molecule has 0 spiro atoms. The third-order valence-corrected chi connectivity index (χ3v) is 15.3. The standard InChI is InChI=1S/C62H109NO18/c1-3-5-7-9-11-13-15-17-19-21-22-24-26-28-30-32-34-36-38-40-50(68)63-45(46(67)39-37-35-33-31-29-27-25-23-20-18-16-14-12-10-8-6-4-2)44-76-60-56(74)53(71)58(48(42-65)78-60)81-62-57(75)54(72)59(49(43-66)79-62)80-61-55(73)52(70)51(69)47(41-64)77-61/h11,13,17,19,22,24,29,31,37,39,45-49,51-62,64-67,69-75H,3-10,12,14-16,18,20-21,23,25-28,30,32-36,38,40-44H2,1-2H3,(H,63,68)/b13-11-,19-17-,24-22-,31-29+,39-37+. The maximum absolute atomic E-state index is 13.3. The van der Waals surface area contributed by atoms with Crippen LogP contribution in [0.5, 0.6) is 0 Å². The van der Waals surface area contributed by atoms with Crippen molar-refractivity contribution in [2.45, 2.75) is 298 Å². The van der Waals surface area contributed by atoms with Crippen molar-refractivity contribution in [2.75, 3.05) is 26.4 Å². The van der Waals surface area contributed by atoms with Gasteiger partial charge in [-0.05, 0) is 70.6 Å². The van der Waals surface area contributed by atoms with E-state index in [2.05, 4.69) is 67.8 Å². The minimum absolute atomic E-state index is 0.218. The summed E-state index contributed by atoms with van der Waals surface area (Å²) in [5.74, 6) is -0.300. The van der Waals surface area contributed by atoms with Gasteiger partial charge in [-0.25, -0.2) is 0 Å². The van der Waals surface area contributed by atoms with E-state index in [4.69, 9.17) is 28.4 Å². The van der Waals surface area contributed by atoms with E-state index in [1.807, 2.05) is 6.08 Å². The minimum Gasteiger partial charge on any atom is -0.394 e. The Kier molecular flexibility index (Phi) is 40.3. The van der Waals surface area contributed by atoms with Crippen LogP contribution < -0.4 is 5.32 Å². The molecule has 0 bridgehead atoms. The van der Waals surface area contributed by atoms with Gasteiger partial charge in [0.25, 0.3) is 0 Å². The molecule has 3 aliphatic heterocycles. The van der Waals surface area contributed by atoms with Crippen LogP contribution in [0.1, 0.15) is 194 Å². The molecule has 0 aromatic carbocycles. The number of rotatable bonds is 45. The Balaban J connectivity index is 1.51. The highest BCUT2D eigenvalue weighted by Gasteiger charge is 2.53. The molecule has 3 rings (SSSR count). The predicted octanol–water partition coefficient (Wildman–Crippen LogP) is 6.04. The molecule has 3 aliphatic rings. The largest absolute Gasteiger partial charge is 0.394 e. The predicted molar refractivity (Wildman–Crippen MR) is 309 cm³/mol. The van der Waals surface area contributed by atoms with Crippen molar-refractivity contribution in [1.29, 1.82) is 0 Å². The van der Waals surface area contributed by atoms with Crippen molar-refractivity contribution < 1.29 is 89.4 Å². The number of unbranched alkanes of at least 4 members (excludes halogenated alkanes) is 21. The lowest BCUT2D eigenvalue weighted by atomic mass is 9.96. The quantitative estimate of drug-likeness (QED) is 0.0244. The normalized spacial score (nSPS) is 30.2. The van der Waals surface area contributed by atoms with Gasteiger partial charge < -0.3 is 89.9 Å². The van der Waals surface area contributed by atoms with Crippen LogP contribution in [-0.2, 0) is 33.2 Å². The van der Waals surface area contributed by atoms with Crippen LogP contribution in [0.2, 0.25) is 0 Å². The van der Waals surface area contributed by atoms with E-state index in [9.17, 15) is 61.0 Å². The maximum atomic E-state index is 13.3. The Morgan fingerprint density at radius 3 is 1.35 bits per heavy atom. The summed E-state index contributed by atoms with van der Waals surface area (Å²) in [6.07, 6.45) is 24.8. The summed E-state index contributed by atoms with van der Waals surface area (Å²) in [7, 11) is 0. The van der Waals surface area contributed by atoms with Gasteiger partial charge in [0.1, 0.15) is 73.2 Å². The molecule has 19 heteroatoms. The highest BCUT2D eigenvalue weighted by Crippen LogP contribution is 2.33. The Labute approximate surface area is 484 Å². The van der Waals surface area contributed by atoms with Gasteiger partial charge in [-0.1, -0.05) is 177 Å². The average molecular weight is 1160 g/mol. The fraction of sp³-hybridized carbons (Fsp3) is 0.823. The van der Waals surface area contributed by atoms with Gasteiger partial charge in [0.15, 0.2) is 18.9 Å². The smallest absolute Gasteiger partial charge is 0.220 e. The third kappa shape index (κ3) is 28.5. The molecule has 17 atom stereocenters. The first kappa shape index (κ1) is 72.7. The number of hydrogen-bond donors (Lipinski definition) is 12. The zero-order chi connectivity index (χ0) is 59.0. The first-order valence-corrected chi connectivity index (χ1v) is 31.0. The van der Waals surface area contributed by atoms with E-state index in [1.54, 1.807) is 6.08 Å². The summed E-state index contributed by atoms with van der Waals surface area (Å²) in [6.45, 7) is 1.65. The summed E-state index contributed by atoms with van der Waals surface area (Å²) in [5.41, 5.74) is 0. The average Bonchev–Trinajstić information content (AvgIpc) is 3.51. The fourth-order valence-corrected chi connectivity index (χ4v) is 10.2. The van der Waals surface area contributed by atoms with Gasteiger partial charge in [0.2, 0.25) is 5.91 Å². The Bertz CT molecular complexity index is 1710. The van der Waals surface area contributed by atoms with E-state index in [1.165, 1.54) is 83.5 Å². The number of nitrogens with one attached hydrogen (secondary N) is 1. The number of ether oxygens (including phenoxy) is 6. The van der Waals surface area contributed by atoms with Gasteiger partial charge in [-0.15, -0.1) is 0 Å². The molecule has 0 radical (unpaired) electrons. The summed E-state index contributed by atoms with van der Waals surface area (Å²) in [4.78, 5) is 13.3. The highest BCUT2D eigenvalue weighted by atomic mass is 16.8. The van der Waals surface area contributed by atoms with Gasteiger partial charge >= 0.3 is 0 Å². The Morgan fingerprint density at radius 1 is 0.444 bits per heavy atom. The number of aliphatic hydroxyl groups excluding tert-OH is 11. The Hall–Kier alpha value is -2.51. The molecule has 3 fully saturated rings. The number of amides is 1. The van der Waals surface area contributed by atoms with Gasteiger partial charge in [0.05, 0.1) is 38.6 Å². The number of aliphatic hydroxyl groups is 11. The van der Waals surface area contributed by atoms with E-state index >= 15 is 0 Å². The maximum Gasteiger partial charge on any atom is 0.220 e. The van der Waals surface area contributed by atoms with Crippen molar-refractivity contribution >= 4 is 5.91 Å². The number of carbonyl (C=O) groups is 1. The summed E-state index contributed by atoms with van der Waals surface area (Å²) in [5, 5.41) is 120. The lowest BCUT2D eigenvalue weighted by molar-refractivity contribution is -0.379. The molecule has 0 aromatic heterocycles. The lowest BCUT2D eigenvalue weighted by Crippen LogP contribution is -2.66. The summed E-state index contributed by atoms with van der Waals surface area (Å²) < 4.78 is 34.2. The third-order valence-electron chi connectivity index (χ3n) is 15.3. The minimum atomic E-state index is -1.98. The molecule has 470 valence electrons. The monoisotopic (exact) mass is 1160 g/mol. The van der Waals surface area contributed by atoms with E-state index in [0.29, 0.717) is 12.8 Å². The molecule has 3 saturated heterocycles. The number of hydrogen-bond acceptors (Lipinski definition) is 18. The van der Waals surface area contributed by atoms with Crippen LogP contribution in [0.3, 0.4) is 0 Å². The van der Waals surface area contributed by atoms with Gasteiger partial charge in [0, 0.05) is 6.42 Å². The van der Waals surface area contributed by atoms with Crippen molar-refractivity contribution in [3.63, 3.8) is 0 Å². The number of carbonyl (C=O) groups excluding carboxylic acids is 1. The molecule has 0 saturated carbocycles. The van der Waals surface area contributed by atoms with Crippen molar-refractivity contribution in [2.24, 2.45) is 0 Å². The second-order valence-electron chi connectivity index (χ2n) is 22.2. The first-order chi connectivity index (χ1) is 39.3. The van der Waals surface area contributed by atoms with Crippen LogP contribution >= 0.6 is 0 Å². The summed E-state index contributed by atoms with van der Waals surface area (Å²) in [6, 6.07) is -0.999. The second-order valence-corrected chi connectivity index (χ2v) is 22.2. The SMILES string of the molecule is CCCCC/C=C\C/C=C\C/C=C\CCCCCCCCC(=O)NC(COC1OC(CO)C(OC2OC(CO)C(OC3OC(CO)C(O)C(O)C3O)C(O)C2O)C(O)C1O)C(O)/C=C/CC/C=C/CCCCCCCCCCCCC. The molecule has 81 heavy (non-hydrogen) atoms. The van der Waals surface area contributed by atoms with E-state index in [-0.39, 0.29) is 18.9 Å². The lowest BCUT2D eigenvalue weighted by Gasteiger charge is -2.48. The Morgan fingerprint density at radius 2 is 0.827 bits per heavy atom. The van der Waals surface area contributed by atoms with Gasteiger partial charge in [-0.3, -0.25) is 4.79 Å². The van der Waals surface area contributed by atoms with E-state index in [0.717, 1.165) is 77.0 Å². The zero-order valence-electron chi connectivity index (χ0n) is 49.0. The van der Waals surface area contributed by atoms with Crippen LogP contribution in [0.4, 0.5) is 0 Å². The van der Waals surface area contributed by atoms with Crippen LogP contribution in [-0.4, -0.2) is 193 Å². The van der Waals surface area contributed by atoms with Crippen molar-refractivity contribution in [3.8, 4) is 0 Å². The molecular weight excluding hydrogens is 1050 g/mol. The first-order valence-electron chi connectivity index (χ1n) is 31.0. The molecule has 1 amide bonds. The zero-order valence-corrected chi connectivity index (χ0v) is 49.0. The molecule has 12 N–H and O–H groups in total. The molecule has 19 nitrogen and oxygen atoms in total. The van der Waals surface area contributed by atoms with Crippen LogP contribution in [0.15, 0.2) is 60.8 Å². The second kappa shape index (κ2) is 44.9. The molecule has 0 aromatic rings. The fourth-order valence-electron chi connectivity index (χ4n) is 10.2. The molecule has 0 aliphatic carbocycles. The van der Waals surface area contributed by atoms with Crippen molar-refractivity contribution in [1.82, 2.24) is 5.32 Å². The summed E-state index contributed by atoms with van der Waals surface area (Å²) >= 11 is 0. The molecule has 3 heterocycles. The van der Waals surface area contributed by atoms with E-state index < -0.39 is 124 Å². The van der Waals surface area contributed by atoms with Crippen LogP contribution in [0, 0.1) is 0 Å². The molecular formula is C62H109NO18. The van der Waals surface area contributed by atoms with Crippen molar-refractivity contribution in [3.05, 3.63) is 60.8 Å². The number of allylic oxidation sites excluding steroid dienone is 9. The van der Waals surface area contributed by atoms with Crippen LogP contribution in [0.25, 0.3) is 0 Å². The van der Waals surface area contributed by atoms with Gasteiger partial charge in [-0.2, -0.15) is 0 Å².